The van der Waals surface area contributed by atoms with E-state index < -0.39 is 0 Å². The van der Waals surface area contributed by atoms with Gasteiger partial charge in [0.2, 0.25) is 5.95 Å². The highest BCUT2D eigenvalue weighted by atomic mass is 35.5. The van der Waals surface area contributed by atoms with Crippen LogP contribution in [0.1, 0.15) is 5.56 Å². The molecule has 2 aromatic carbocycles. The van der Waals surface area contributed by atoms with Crippen LogP contribution in [0.2, 0.25) is 10.0 Å². The number of nitrogens with zero attached hydrogens (tertiary/aromatic N) is 3. The fourth-order valence-corrected chi connectivity index (χ4v) is 2.28. The monoisotopic (exact) mass is 345 g/mol. The maximum Gasteiger partial charge on any atom is 0.249 e. The molecule has 2 N–H and O–H groups in total. The number of halogens is 2. The van der Waals surface area contributed by atoms with Crippen LogP contribution in [-0.4, -0.2) is 15.2 Å². The van der Waals surface area contributed by atoms with Crippen LogP contribution in [0.3, 0.4) is 0 Å². The minimum absolute atomic E-state index is 0.348. The highest BCUT2D eigenvalue weighted by molar-refractivity contribution is 6.33. The van der Waals surface area contributed by atoms with Crippen molar-refractivity contribution in [1.29, 1.82) is 0 Å². The van der Waals surface area contributed by atoms with Crippen LogP contribution in [0, 0.1) is 6.92 Å². The molecule has 5 nitrogen and oxygen atoms in total. The summed E-state index contributed by atoms with van der Waals surface area (Å²) in [6.45, 7) is 1.95. The molecule has 3 rings (SSSR count). The largest absolute Gasteiger partial charge is 0.339 e. The molecule has 0 radical (unpaired) electrons. The molecule has 0 unspecified atom stereocenters. The number of para-hydroxylation sites is 1. The second kappa shape index (κ2) is 6.81. The van der Waals surface area contributed by atoms with Gasteiger partial charge in [0.05, 0.1) is 16.9 Å². The number of aromatic nitrogens is 3. The van der Waals surface area contributed by atoms with Gasteiger partial charge in [-0.2, -0.15) is 10.1 Å². The molecular formula is C16H13Cl2N5. The SMILES string of the molecule is Cc1ccc(Nc2cnnc(Nc3ccccc3Cl)n2)cc1Cl. The number of anilines is 4. The van der Waals surface area contributed by atoms with E-state index in [1.807, 2.05) is 43.3 Å². The molecule has 0 saturated heterocycles. The maximum absolute atomic E-state index is 6.12. The van der Waals surface area contributed by atoms with E-state index >= 15 is 0 Å². The molecule has 0 atom stereocenters. The molecule has 1 heterocycles. The normalized spacial score (nSPS) is 10.4. The first-order valence-corrected chi connectivity index (χ1v) is 7.62. The Balaban J connectivity index is 1.79. The van der Waals surface area contributed by atoms with Crippen molar-refractivity contribution in [3.8, 4) is 0 Å². The molecule has 0 amide bonds. The van der Waals surface area contributed by atoms with Gasteiger partial charge in [0, 0.05) is 10.7 Å². The first-order chi connectivity index (χ1) is 11.1. The van der Waals surface area contributed by atoms with E-state index in [1.54, 1.807) is 6.07 Å². The third kappa shape index (κ3) is 3.88. The third-order valence-corrected chi connectivity index (χ3v) is 3.86. The van der Waals surface area contributed by atoms with Crippen LogP contribution < -0.4 is 10.6 Å². The van der Waals surface area contributed by atoms with Crippen molar-refractivity contribution in [2.75, 3.05) is 10.6 Å². The maximum atomic E-state index is 6.12. The Labute approximate surface area is 143 Å². The van der Waals surface area contributed by atoms with Gasteiger partial charge in [-0.15, -0.1) is 5.10 Å². The van der Waals surface area contributed by atoms with Gasteiger partial charge in [0.15, 0.2) is 5.82 Å². The molecule has 0 fully saturated rings. The Hall–Kier alpha value is -2.37. The molecule has 3 aromatic rings. The molecule has 7 heteroatoms. The lowest BCUT2D eigenvalue weighted by Crippen LogP contribution is -2.02. The minimum Gasteiger partial charge on any atom is -0.339 e. The first-order valence-electron chi connectivity index (χ1n) is 6.86. The zero-order chi connectivity index (χ0) is 16.2. The summed E-state index contributed by atoms with van der Waals surface area (Å²) in [6.07, 6.45) is 1.53. The fraction of sp³-hybridized carbons (Fsp3) is 0.0625. The summed E-state index contributed by atoms with van der Waals surface area (Å²) in [5, 5.41) is 15.3. The summed E-state index contributed by atoms with van der Waals surface area (Å²) in [5.74, 6) is 0.899. The molecule has 23 heavy (non-hydrogen) atoms. The molecule has 0 aliphatic rings. The number of nitrogens with one attached hydrogen (secondary N) is 2. The summed E-state index contributed by atoms with van der Waals surface area (Å²) in [7, 11) is 0. The molecule has 0 aliphatic carbocycles. The number of rotatable bonds is 4. The summed E-state index contributed by atoms with van der Waals surface area (Å²) in [5.41, 5.74) is 2.55. The highest BCUT2D eigenvalue weighted by Crippen LogP contribution is 2.25. The van der Waals surface area contributed by atoms with Crippen LogP contribution in [-0.2, 0) is 0 Å². The molecule has 0 saturated carbocycles. The van der Waals surface area contributed by atoms with Crippen molar-refractivity contribution in [3.63, 3.8) is 0 Å². The van der Waals surface area contributed by atoms with Crippen LogP contribution in [0.5, 0.6) is 0 Å². The smallest absolute Gasteiger partial charge is 0.249 e. The van der Waals surface area contributed by atoms with Gasteiger partial charge in [-0.25, -0.2) is 0 Å². The second-order valence-corrected chi connectivity index (χ2v) is 5.67. The zero-order valence-electron chi connectivity index (χ0n) is 12.2. The van der Waals surface area contributed by atoms with Gasteiger partial charge in [0.25, 0.3) is 0 Å². The fourth-order valence-electron chi connectivity index (χ4n) is 1.92. The predicted octanol–water partition coefficient (Wildman–Crippen LogP) is 4.97. The van der Waals surface area contributed by atoms with Crippen molar-refractivity contribution in [2.45, 2.75) is 6.92 Å². The zero-order valence-corrected chi connectivity index (χ0v) is 13.7. The minimum atomic E-state index is 0.348. The number of aryl methyl sites for hydroxylation is 1. The van der Waals surface area contributed by atoms with Gasteiger partial charge >= 0.3 is 0 Å². The molecule has 0 aliphatic heterocycles. The lowest BCUT2D eigenvalue weighted by atomic mass is 10.2. The lowest BCUT2D eigenvalue weighted by molar-refractivity contribution is 0.982. The van der Waals surface area contributed by atoms with E-state index in [-0.39, 0.29) is 0 Å². The summed E-state index contributed by atoms with van der Waals surface area (Å²) in [4.78, 5) is 4.36. The van der Waals surface area contributed by atoms with Crippen molar-refractivity contribution in [2.24, 2.45) is 0 Å². The van der Waals surface area contributed by atoms with E-state index in [4.69, 9.17) is 23.2 Å². The number of hydrogen-bond donors (Lipinski definition) is 2. The predicted molar refractivity (Wildman–Crippen MR) is 94.0 cm³/mol. The van der Waals surface area contributed by atoms with Gasteiger partial charge in [-0.1, -0.05) is 41.4 Å². The van der Waals surface area contributed by atoms with E-state index in [2.05, 4.69) is 25.8 Å². The van der Waals surface area contributed by atoms with E-state index in [9.17, 15) is 0 Å². The number of hydrogen-bond acceptors (Lipinski definition) is 5. The van der Waals surface area contributed by atoms with Crippen LogP contribution in [0.15, 0.2) is 48.7 Å². The third-order valence-electron chi connectivity index (χ3n) is 3.12. The van der Waals surface area contributed by atoms with Crippen LogP contribution in [0.4, 0.5) is 23.1 Å². The van der Waals surface area contributed by atoms with Crippen LogP contribution >= 0.6 is 23.2 Å². The Kier molecular flexibility index (Phi) is 4.60. The van der Waals surface area contributed by atoms with E-state index in [1.165, 1.54) is 6.20 Å². The summed E-state index contributed by atoms with van der Waals surface area (Å²) in [6, 6.07) is 13.0. The molecular weight excluding hydrogens is 333 g/mol. The van der Waals surface area contributed by atoms with Gasteiger partial charge < -0.3 is 10.6 Å². The average Bonchev–Trinajstić information content (AvgIpc) is 2.54. The van der Waals surface area contributed by atoms with Crippen LogP contribution in [0.25, 0.3) is 0 Å². The van der Waals surface area contributed by atoms with Gasteiger partial charge in [0.1, 0.15) is 0 Å². The summed E-state index contributed by atoms with van der Waals surface area (Å²) >= 11 is 12.2. The lowest BCUT2D eigenvalue weighted by Gasteiger charge is -2.09. The highest BCUT2D eigenvalue weighted by Gasteiger charge is 2.05. The molecule has 0 spiro atoms. The molecule has 1 aromatic heterocycles. The standard InChI is InChI=1S/C16H13Cl2N5/c1-10-6-7-11(8-13(10)18)20-15-9-19-23-16(22-15)21-14-5-3-2-4-12(14)17/h2-9H,1H3,(H2,20,21,22,23). The van der Waals surface area contributed by atoms with Crippen molar-refractivity contribution in [1.82, 2.24) is 15.2 Å². The second-order valence-electron chi connectivity index (χ2n) is 4.86. The number of benzene rings is 2. The van der Waals surface area contributed by atoms with Gasteiger partial charge in [-0.3, -0.25) is 0 Å². The van der Waals surface area contributed by atoms with Crippen molar-refractivity contribution in [3.05, 3.63) is 64.3 Å². The quantitative estimate of drug-likeness (QED) is 0.698. The van der Waals surface area contributed by atoms with Gasteiger partial charge in [-0.05, 0) is 36.8 Å². The van der Waals surface area contributed by atoms with Crippen molar-refractivity contribution < 1.29 is 0 Å². The van der Waals surface area contributed by atoms with Crippen molar-refractivity contribution >= 4 is 46.3 Å². The Bertz CT molecular complexity index is 838. The Morgan fingerprint density at radius 1 is 0.957 bits per heavy atom. The molecule has 116 valence electrons. The van der Waals surface area contributed by atoms with E-state index in [0.29, 0.717) is 27.5 Å². The molecule has 0 bridgehead atoms. The topological polar surface area (TPSA) is 62.7 Å². The average molecular weight is 346 g/mol. The first kappa shape index (κ1) is 15.5. The Morgan fingerprint density at radius 2 is 1.78 bits per heavy atom. The Morgan fingerprint density at radius 3 is 2.57 bits per heavy atom. The summed E-state index contributed by atoms with van der Waals surface area (Å²) < 4.78 is 0. The van der Waals surface area contributed by atoms with E-state index in [0.717, 1.165) is 11.3 Å².